The zero-order valence-corrected chi connectivity index (χ0v) is 21.4. The maximum absolute atomic E-state index is 12.4. The van der Waals surface area contributed by atoms with Crippen molar-refractivity contribution in [3.8, 4) is 17.0 Å². The number of halogens is 2. The second kappa shape index (κ2) is 10.4. The standard InChI is InChI=1S/C25H26BrClN2O2S/c1-15-12-21(23(26)16(2)24(15)27)31-11-5-8-22(30)29-25-28-20(14-32-25)19-10-9-17-6-3-4-7-18(17)13-19/h9-10,12-14H,3-8,11H2,1-2H3,(H,28,29,30). The highest BCUT2D eigenvalue weighted by Gasteiger charge is 2.14. The summed E-state index contributed by atoms with van der Waals surface area (Å²) in [5, 5.41) is 6.29. The minimum atomic E-state index is -0.0533. The van der Waals surface area contributed by atoms with Crippen LogP contribution in [0.3, 0.4) is 0 Å². The van der Waals surface area contributed by atoms with E-state index in [0.717, 1.165) is 44.0 Å². The molecule has 0 fully saturated rings. The SMILES string of the molecule is Cc1cc(OCCCC(=O)Nc2nc(-c3ccc4c(c3)CCCC4)cs2)c(Br)c(C)c1Cl. The molecule has 1 aliphatic carbocycles. The van der Waals surface area contributed by atoms with E-state index in [-0.39, 0.29) is 5.91 Å². The predicted molar refractivity (Wildman–Crippen MR) is 136 cm³/mol. The van der Waals surface area contributed by atoms with Crippen LogP contribution >= 0.6 is 38.9 Å². The number of thiazole rings is 1. The second-order valence-electron chi connectivity index (χ2n) is 8.17. The van der Waals surface area contributed by atoms with Crippen LogP contribution in [-0.2, 0) is 17.6 Å². The lowest BCUT2D eigenvalue weighted by molar-refractivity contribution is -0.116. The second-order valence-corrected chi connectivity index (χ2v) is 10.2. The Morgan fingerprint density at radius 1 is 1.22 bits per heavy atom. The molecule has 1 aliphatic rings. The molecular formula is C25H26BrClN2O2S. The molecule has 1 amide bonds. The van der Waals surface area contributed by atoms with E-state index in [0.29, 0.717) is 24.6 Å². The molecule has 2 aromatic carbocycles. The van der Waals surface area contributed by atoms with E-state index in [1.807, 2.05) is 25.3 Å². The largest absolute Gasteiger partial charge is 0.492 e. The minimum Gasteiger partial charge on any atom is -0.492 e. The molecule has 0 saturated carbocycles. The molecule has 1 heterocycles. The molecule has 0 atom stereocenters. The first kappa shape index (κ1) is 23.3. The minimum absolute atomic E-state index is 0.0533. The Morgan fingerprint density at radius 3 is 2.81 bits per heavy atom. The smallest absolute Gasteiger partial charge is 0.226 e. The Balaban J connectivity index is 1.28. The molecule has 0 radical (unpaired) electrons. The summed E-state index contributed by atoms with van der Waals surface area (Å²) in [6, 6.07) is 8.53. The summed E-state index contributed by atoms with van der Waals surface area (Å²) in [5.74, 6) is 0.696. The Morgan fingerprint density at radius 2 is 2.00 bits per heavy atom. The van der Waals surface area contributed by atoms with Gasteiger partial charge in [0.05, 0.1) is 16.8 Å². The Bertz CT molecular complexity index is 1150. The average Bonchev–Trinajstić information content (AvgIpc) is 3.26. The van der Waals surface area contributed by atoms with Gasteiger partial charge in [-0.3, -0.25) is 4.79 Å². The summed E-state index contributed by atoms with van der Waals surface area (Å²) in [4.78, 5) is 17.0. The van der Waals surface area contributed by atoms with Crippen molar-refractivity contribution in [1.82, 2.24) is 4.98 Å². The van der Waals surface area contributed by atoms with Crippen molar-refractivity contribution in [2.45, 2.75) is 52.4 Å². The third kappa shape index (κ3) is 5.36. The van der Waals surface area contributed by atoms with Gasteiger partial charge >= 0.3 is 0 Å². The quantitative estimate of drug-likeness (QED) is 0.320. The fourth-order valence-electron chi connectivity index (χ4n) is 3.96. The summed E-state index contributed by atoms with van der Waals surface area (Å²) < 4.78 is 6.72. The van der Waals surface area contributed by atoms with Gasteiger partial charge in [-0.05, 0) is 96.3 Å². The number of fused-ring (bicyclic) bond motifs is 1. The molecule has 4 rings (SSSR count). The van der Waals surface area contributed by atoms with Gasteiger partial charge in [0.1, 0.15) is 5.75 Å². The number of aromatic nitrogens is 1. The third-order valence-corrected chi connectivity index (χ3v) is 8.09. The topological polar surface area (TPSA) is 51.2 Å². The van der Waals surface area contributed by atoms with E-state index in [2.05, 4.69) is 44.4 Å². The number of amides is 1. The average molecular weight is 534 g/mol. The highest BCUT2D eigenvalue weighted by molar-refractivity contribution is 9.10. The number of hydrogen-bond acceptors (Lipinski definition) is 4. The highest BCUT2D eigenvalue weighted by Crippen LogP contribution is 2.36. The van der Waals surface area contributed by atoms with E-state index >= 15 is 0 Å². The Kier molecular flexibility index (Phi) is 7.54. The number of hydrogen-bond donors (Lipinski definition) is 1. The lowest BCUT2D eigenvalue weighted by Crippen LogP contribution is -2.12. The molecular weight excluding hydrogens is 508 g/mol. The van der Waals surface area contributed by atoms with Crippen LogP contribution in [0.5, 0.6) is 5.75 Å². The number of carbonyl (C=O) groups excluding carboxylic acids is 1. The summed E-state index contributed by atoms with van der Waals surface area (Å²) in [5.41, 5.74) is 6.86. The van der Waals surface area contributed by atoms with Gasteiger partial charge in [0.15, 0.2) is 5.13 Å². The first-order chi connectivity index (χ1) is 15.4. The number of ether oxygens (including phenoxy) is 1. The van der Waals surface area contributed by atoms with Crippen LogP contribution in [0.2, 0.25) is 5.02 Å². The Labute approximate surface area is 206 Å². The molecule has 0 unspecified atom stereocenters. The van der Waals surface area contributed by atoms with Gasteiger partial charge in [-0.2, -0.15) is 0 Å². The monoisotopic (exact) mass is 532 g/mol. The van der Waals surface area contributed by atoms with Gasteiger partial charge in [-0.25, -0.2) is 4.98 Å². The van der Waals surface area contributed by atoms with Crippen molar-refractivity contribution in [1.29, 1.82) is 0 Å². The molecule has 3 aromatic rings. The fraction of sp³-hybridized carbons (Fsp3) is 0.360. The molecule has 4 nitrogen and oxygen atoms in total. The van der Waals surface area contributed by atoms with Crippen molar-refractivity contribution in [3.05, 3.63) is 61.4 Å². The van der Waals surface area contributed by atoms with Gasteiger partial charge in [0.25, 0.3) is 0 Å². The van der Waals surface area contributed by atoms with Gasteiger partial charge in [0, 0.05) is 22.4 Å². The molecule has 1 aromatic heterocycles. The van der Waals surface area contributed by atoms with Crippen molar-refractivity contribution >= 4 is 49.9 Å². The van der Waals surface area contributed by atoms with Crippen LogP contribution < -0.4 is 10.1 Å². The zero-order chi connectivity index (χ0) is 22.7. The molecule has 0 aliphatic heterocycles. The van der Waals surface area contributed by atoms with Crippen molar-refractivity contribution < 1.29 is 9.53 Å². The first-order valence-electron chi connectivity index (χ1n) is 10.9. The van der Waals surface area contributed by atoms with Gasteiger partial charge < -0.3 is 10.1 Å². The summed E-state index contributed by atoms with van der Waals surface area (Å²) in [6.07, 6.45) is 5.84. The number of rotatable bonds is 7. The fourth-order valence-corrected chi connectivity index (χ4v) is 5.38. The van der Waals surface area contributed by atoms with Crippen LogP contribution in [-0.4, -0.2) is 17.5 Å². The molecule has 168 valence electrons. The van der Waals surface area contributed by atoms with Crippen LogP contribution in [0.4, 0.5) is 5.13 Å². The Hall–Kier alpha value is -1.89. The molecule has 0 spiro atoms. The third-order valence-electron chi connectivity index (χ3n) is 5.77. The molecule has 0 bridgehead atoms. The van der Waals surface area contributed by atoms with Gasteiger partial charge in [-0.15, -0.1) is 11.3 Å². The van der Waals surface area contributed by atoms with E-state index in [1.165, 1.54) is 41.7 Å². The van der Waals surface area contributed by atoms with Crippen LogP contribution in [0.25, 0.3) is 11.3 Å². The van der Waals surface area contributed by atoms with E-state index < -0.39 is 0 Å². The summed E-state index contributed by atoms with van der Waals surface area (Å²) >= 11 is 11.3. The highest BCUT2D eigenvalue weighted by atomic mass is 79.9. The zero-order valence-electron chi connectivity index (χ0n) is 18.3. The maximum atomic E-state index is 12.4. The lowest BCUT2D eigenvalue weighted by Gasteiger charge is -2.16. The van der Waals surface area contributed by atoms with E-state index in [9.17, 15) is 4.79 Å². The summed E-state index contributed by atoms with van der Waals surface area (Å²) in [7, 11) is 0. The molecule has 1 N–H and O–H groups in total. The molecule has 32 heavy (non-hydrogen) atoms. The van der Waals surface area contributed by atoms with Crippen molar-refractivity contribution in [2.24, 2.45) is 0 Å². The van der Waals surface area contributed by atoms with Gasteiger partial charge in [-0.1, -0.05) is 23.7 Å². The summed E-state index contributed by atoms with van der Waals surface area (Å²) in [6.45, 7) is 4.35. The lowest BCUT2D eigenvalue weighted by atomic mass is 9.90. The maximum Gasteiger partial charge on any atom is 0.226 e. The predicted octanol–water partition coefficient (Wildman–Crippen LogP) is 7.52. The number of carbonyl (C=O) groups is 1. The number of nitrogens with one attached hydrogen (secondary N) is 1. The van der Waals surface area contributed by atoms with Crippen LogP contribution in [0, 0.1) is 13.8 Å². The number of benzene rings is 2. The molecule has 7 heteroatoms. The number of aryl methyl sites for hydroxylation is 3. The van der Waals surface area contributed by atoms with E-state index in [4.69, 9.17) is 16.3 Å². The van der Waals surface area contributed by atoms with Crippen LogP contribution in [0.1, 0.15) is 47.9 Å². The van der Waals surface area contributed by atoms with Crippen molar-refractivity contribution in [2.75, 3.05) is 11.9 Å². The van der Waals surface area contributed by atoms with E-state index in [1.54, 1.807) is 0 Å². The molecule has 0 saturated heterocycles. The first-order valence-corrected chi connectivity index (χ1v) is 12.9. The normalized spacial score (nSPS) is 13.0. The number of anilines is 1. The van der Waals surface area contributed by atoms with Crippen LogP contribution in [0.15, 0.2) is 34.1 Å². The van der Waals surface area contributed by atoms with Crippen molar-refractivity contribution in [3.63, 3.8) is 0 Å². The number of nitrogens with zero attached hydrogens (tertiary/aromatic N) is 1. The van der Waals surface area contributed by atoms with Gasteiger partial charge in [0.2, 0.25) is 5.91 Å².